The third kappa shape index (κ3) is 0.658. The number of rotatable bonds is 0. The Morgan fingerprint density at radius 2 is 2.33 bits per heavy atom. The average molecular weight is 120 g/mol. The predicted molar refractivity (Wildman–Crippen MR) is 39.1 cm³/mol. The van der Waals surface area contributed by atoms with Gasteiger partial charge in [-0.2, -0.15) is 0 Å². The van der Waals surface area contributed by atoms with Crippen LogP contribution in [-0.4, -0.2) is 0 Å². The highest BCUT2D eigenvalue weighted by Gasteiger charge is 2.36. The lowest BCUT2D eigenvalue weighted by molar-refractivity contribution is 0.641. The number of hydrogen-bond donors (Lipinski definition) is 0. The summed E-state index contributed by atoms with van der Waals surface area (Å²) in [4.78, 5) is 0. The van der Waals surface area contributed by atoms with E-state index in [1.165, 1.54) is 12.0 Å². The summed E-state index contributed by atoms with van der Waals surface area (Å²) in [6.45, 7) is 4.53. The van der Waals surface area contributed by atoms with Crippen molar-refractivity contribution in [2.45, 2.75) is 20.3 Å². The molecule has 2 aliphatic rings. The maximum Gasteiger partial charge on any atom is -0.00993 e. The Bertz CT molecular complexity index is 196. The van der Waals surface area contributed by atoms with E-state index < -0.39 is 0 Å². The second kappa shape index (κ2) is 1.50. The van der Waals surface area contributed by atoms with Crippen LogP contribution >= 0.6 is 0 Å². The van der Waals surface area contributed by atoms with Gasteiger partial charge in [0.2, 0.25) is 0 Å². The molecule has 0 radical (unpaired) electrons. The van der Waals surface area contributed by atoms with Gasteiger partial charge in [0.15, 0.2) is 0 Å². The Balaban J connectivity index is 2.32. The molecule has 0 aromatic rings. The molecule has 0 heterocycles. The topological polar surface area (TPSA) is 0 Å². The van der Waals surface area contributed by atoms with Crippen molar-refractivity contribution in [3.63, 3.8) is 0 Å². The Morgan fingerprint density at radius 1 is 1.56 bits per heavy atom. The molecule has 0 heteroatoms. The van der Waals surface area contributed by atoms with Crippen molar-refractivity contribution in [1.29, 1.82) is 0 Å². The van der Waals surface area contributed by atoms with E-state index in [9.17, 15) is 0 Å². The van der Waals surface area contributed by atoms with Crippen LogP contribution in [-0.2, 0) is 0 Å². The quantitative estimate of drug-likeness (QED) is 0.461. The molecular weight excluding hydrogens is 108 g/mol. The standard InChI is InChI=1S/C9H12/c1-6-3-4-7(2)9-5-8(6)9/h3-4,6,8H,5H2,1-2H3. The van der Waals surface area contributed by atoms with Crippen molar-refractivity contribution in [1.82, 2.24) is 0 Å². The van der Waals surface area contributed by atoms with Crippen LogP contribution in [0.3, 0.4) is 0 Å². The van der Waals surface area contributed by atoms with Crippen LogP contribution in [0.1, 0.15) is 20.3 Å². The normalized spacial score (nSPS) is 38.9. The largest absolute Gasteiger partial charge is 0.0808 e. The molecule has 0 spiro atoms. The highest BCUT2D eigenvalue weighted by atomic mass is 14.4. The summed E-state index contributed by atoms with van der Waals surface area (Å²) in [6.07, 6.45) is 5.97. The molecule has 0 saturated heterocycles. The fraction of sp³-hybridized carbons (Fsp3) is 0.556. The van der Waals surface area contributed by atoms with Gasteiger partial charge in [0, 0.05) is 0 Å². The zero-order valence-corrected chi connectivity index (χ0v) is 6.02. The molecule has 0 N–H and O–H groups in total. The Labute approximate surface area is 56.3 Å². The van der Waals surface area contributed by atoms with E-state index in [4.69, 9.17) is 0 Å². The minimum Gasteiger partial charge on any atom is -0.0808 e. The van der Waals surface area contributed by atoms with Crippen molar-refractivity contribution in [3.8, 4) is 0 Å². The maximum atomic E-state index is 2.33. The van der Waals surface area contributed by atoms with Crippen molar-refractivity contribution < 1.29 is 0 Å². The molecule has 0 aliphatic heterocycles. The molecule has 2 atom stereocenters. The van der Waals surface area contributed by atoms with Crippen LogP contribution in [0.4, 0.5) is 0 Å². The lowest BCUT2D eigenvalue weighted by Gasteiger charge is -2.06. The van der Waals surface area contributed by atoms with E-state index in [2.05, 4.69) is 26.0 Å². The van der Waals surface area contributed by atoms with Crippen LogP contribution in [0, 0.1) is 11.8 Å². The van der Waals surface area contributed by atoms with E-state index in [0.29, 0.717) is 0 Å². The molecule has 2 unspecified atom stereocenters. The van der Waals surface area contributed by atoms with Gasteiger partial charge >= 0.3 is 0 Å². The zero-order chi connectivity index (χ0) is 6.43. The van der Waals surface area contributed by atoms with Gasteiger partial charge in [0.1, 0.15) is 0 Å². The van der Waals surface area contributed by atoms with E-state index in [1.807, 2.05) is 0 Å². The van der Waals surface area contributed by atoms with Crippen LogP contribution in [0.5, 0.6) is 0 Å². The number of hydrogen-bond acceptors (Lipinski definition) is 0. The maximum absolute atomic E-state index is 2.33. The SMILES string of the molecule is CC1=C2CC2C(C)C=C1. The third-order valence-corrected chi connectivity index (χ3v) is 2.52. The summed E-state index contributed by atoms with van der Waals surface area (Å²) < 4.78 is 0. The second-order valence-electron chi connectivity index (χ2n) is 3.24. The van der Waals surface area contributed by atoms with Gasteiger partial charge in [0.05, 0.1) is 0 Å². The van der Waals surface area contributed by atoms with Crippen molar-refractivity contribution in [2.75, 3.05) is 0 Å². The lowest BCUT2D eigenvalue weighted by Crippen LogP contribution is -1.95. The molecule has 0 bridgehead atoms. The summed E-state index contributed by atoms with van der Waals surface area (Å²) in [5, 5.41) is 0. The Morgan fingerprint density at radius 3 is 3.00 bits per heavy atom. The summed E-state index contributed by atoms with van der Waals surface area (Å²) in [5.74, 6) is 1.76. The van der Waals surface area contributed by atoms with Crippen LogP contribution in [0.15, 0.2) is 23.3 Å². The van der Waals surface area contributed by atoms with Gasteiger partial charge < -0.3 is 0 Å². The molecule has 1 fully saturated rings. The highest BCUT2D eigenvalue weighted by molar-refractivity contribution is 5.40. The van der Waals surface area contributed by atoms with Gasteiger partial charge in [-0.15, -0.1) is 0 Å². The minimum atomic E-state index is 0.823. The van der Waals surface area contributed by atoms with Crippen molar-refractivity contribution >= 4 is 0 Å². The van der Waals surface area contributed by atoms with Gasteiger partial charge in [-0.25, -0.2) is 0 Å². The fourth-order valence-electron chi connectivity index (χ4n) is 1.67. The van der Waals surface area contributed by atoms with Crippen molar-refractivity contribution in [3.05, 3.63) is 23.3 Å². The van der Waals surface area contributed by atoms with Crippen LogP contribution in [0.25, 0.3) is 0 Å². The number of allylic oxidation sites excluding steroid dienone is 4. The minimum absolute atomic E-state index is 0.823. The molecule has 9 heavy (non-hydrogen) atoms. The first-order valence-corrected chi connectivity index (χ1v) is 3.67. The summed E-state index contributed by atoms with van der Waals surface area (Å²) in [7, 11) is 0. The molecular formula is C9H12. The second-order valence-corrected chi connectivity index (χ2v) is 3.24. The molecule has 1 saturated carbocycles. The Kier molecular flexibility index (Phi) is 0.879. The first-order valence-electron chi connectivity index (χ1n) is 3.67. The number of fused-ring (bicyclic) bond motifs is 1. The summed E-state index contributed by atoms with van der Waals surface area (Å²) in [5.41, 5.74) is 3.24. The van der Waals surface area contributed by atoms with Gasteiger partial charge in [-0.1, -0.05) is 30.2 Å². The van der Waals surface area contributed by atoms with E-state index >= 15 is 0 Å². The average Bonchev–Trinajstić information content (AvgIpc) is 2.57. The van der Waals surface area contributed by atoms with Crippen LogP contribution < -0.4 is 0 Å². The van der Waals surface area contributed by atoms with E-state index in [0.717, 1.165) is 11.8 Å². The fourth-order valence-corrected chi connectivity index (χ4v) is 1.67. The van der Waals surface area contributed by atoms with Gasteiger partial charge in [-0.3, -0.25) is 0 Å². The molecule has 0 amide bonds. The highest BCUT2D eigenvalue weighted by Crippen LogP contribution is 2.48. The van der Waals surface area contributed by atoms with Gasteiger partial charge in [-0.05, 0) is 25.2 Å². The van der Waals surface area contributed by atoms with Crippen LogP contribution in [0.2, 0.25) is 0 Å². The van der Waals surface area contributed by atoms with Gasteiger partial charge in [0.25, 0.3) is 0 Å². The molecule has 0 aromatic heterocycles. The monoisotopic (exact) mass is 120 g/mol. The molecule has 0 nitrogen and oxygen atoms in total. The Hall–Kier alpha value is -0.520. The molecule has 48 valence electrons. The lowest BCUT2D eigenvalue weighted by atomic mass is 9.99. The zero-order valence-electron chi connectivity index (χ0n) is 6.02. The van der Waals surface area contributed by atoms with E-state index in [-0.39, 0.29) is 0 Å². The van der Waals surface area contributed by atoms with Crippen molar-refractivity contribution in [2.24, 2.45) is 11.8 Å². The first kappa shape index (κ1) is 5.28. The van der Waals surface area contributed by atoms with E-state index in [1.54, 1.807) is 5.57 Å². The smallest absolute Gasteiger partial charge is 0.00993 e. The molecule has 2 aliphatic carbocycles. The molecule has 2 rings (SSSR count). The summed E-state index contributed by atoms with van der Waals surface area (Å²) >= 11 is 0. The third-order valence-electron chi connectivity index (χ3n) is 2.52. The molecule has 0 aromatic carbocycles. The predicted octanol–water partition coefficient (Wildman–Crippen LogP) is 2.53. The summed E-state index contributed by atoms with van der Waals surface area (Å²) in [6, 6.07) is 0. The first-order chi connectivity index (χ1) is 4.29.